The van der Waals surface area contributed by atoms with Crippen LogP contribution in [0.5, 0.6) is 0 Å². The van der Waals surface area contributed by atoms with Crippen LogP contribution in [0.4, 0.5) is 5.95 Å². The van der Waals surface area contributed by atoms with E-state index >= 15 is 0 Å². The second kappa shape index (κ2) is 3.15. The molecule has 1 aromatic rings. The first-order valence-corrected chi connectivity index (χ1v) is 3.50. The van der Waals surface area contributed by atoms with Gasteiger partial charge in [-0.1, -0.05) is 13.8 Å². The average molecular weight is 137 g/mol. The van der Waals surface area contributed by atoms with Crippen LogP contribution in [0, 0.1) is 0 Å². The van der Waals surface area contributed by atoms with Gasteiger partial charge in [0.2, 0.25) is 5.95 Å². The van der Waals surface area contributed by atoms with E-state index in [1.165, 1.54) is 0 Å². The molecule has 0 fully saturated rings. The van der Waals surface area contributed by atoms with Crippen LogP contribution in [-0.2, 0) is 6.54 Å². The van der Waals surface area contributed by atoms with Crippen LogP contribution in [0.15, 0.2) is 17.4 Å². The van der Waals surface area contributed by atoms with E-state index in [4.69, 9.17) is 0 Å². The molecule has 0 spiro atoms. The van der Waals surface area contributed by atoms with Crippen LogP contribution in [0.3, 0.4) is 0 Å². The number of imidazole rings is 1. The number of aromatic nitrogens is 2. The van der Waals surface area contributed by atoms with Crippen molar-refractivity contribution in [2.45, 2.75) is 20.4 Å². The second-order valence-electron chi connectivity index (χ2n) is 1.69. The molecule has 0 bridgehead atoms. The summed E-state index contributed by atoms with van der Waals surface area (Å²) in [6.45, 7) is 4.88. The summed E-state index contributed by atoms with van der Waals surface area (Å²) in [7, 11) is 0. The fourth-order valence-corrected chi connectivity index (χ4v) is 0.782. The molecule has 0 saturated carbocycles. The van der Waals surface area contributed by atoms with Crippen LogP contribution in [0.2, 0.25) is 0 Å². The van der Waals surface area contributed by atoms with Gasteiger partial charge in [-0.05, 0) is 0 Å². The summed E-state index contributed by atoms with van der Waals surface area (Å²) < 4.78 is 1.99. The van der Waals surface area contributed by atoms with Crippen molar-refractivity contribution in [3.63, 3.8) is 0 Å². The Balaban J connectivity index is 0.000000231. The van der Waals surface area contributed by atoms with Crippen molar-refractivity contribution in [1.82, 2.24) is 9.55 Å². The van der Waals surface area contributed by atoms with E-state index in [0.717, 1.165) is 12.5 Å². The Morgan fingerprint density at radius 3 is 3.00 bits per heavy atom. The van der Waals surface area contributed by atoms with Crippen LogP contribution in [0.1, 0.15) is 13.8 Å². The first-order valence-electron chi connectivity index (χ1n) is 3.50. The van der Waals surface area contributed by atoms with Crippen molar-refractivity contribution < 1.29 is 0 Å². The largest absolute Gasteiger partial charge is 0.310 e. The van der Waals surface area contributed by atoms with Crippen LogP contribution in [-0.4, -0.2) is 15.8 Å². The Labute approximate surface area is 60.4 Å². The molecule has 0 aromatic carbocycles. The first kappa shape index (κ1) is 6.99. The molecule has 0 unspecified atom stereocenters. The summed E-state index contributed by atoms with van der Waals surface area (Å²) in [5, 5.41) is 0. The number of hydrogen-bond acceptors (Lipinski definition) is 2. The number of nitrogens with zero attached hydrogens (tertiary/aromatic N) is 3. The highest BCUT2D eigenvalue weighted by Gasteiger charge is 2.02. The Morgan fingerprint density at radius 1 is 1.50 bits per heavy atom. The smallest absolute Gasteiger partial charge is 0.229 e. The summed E-state index contributed by atoms with van der Waals surface area (Å²) in [4.78, 5) is 7.95. The van der Waals surface area contributed by atoms with Gasteiger partial charge in [-0.2, -0.15) is 0 Å². The van der Waals surface area contributed by atoms with Gasteiger partial charge in [0.25, 0.3) is 0 Å². The molecule has 3 nitrogen and oxygen atoms in total. The third kappa shape index (κ3) is 1.07. The molecule has 10 heavy (non-hydrogen) atoms. The minimum Gasteiger partial charge on any atom is -0.310 e. The quantitative estimate of drug-likeness (QED) is 0.534. The van der Waals surface area contributed by atoms with Crippen molar-refractivity contribution in [1.29, 1.82) is 0 Å². The lowest BCUT2D eigenvalue weighted by Crippen LogP contribution is -1.87. The molecule has 3 heteroatoms. The second-order valence-corrected chi connectivity index (χ2v) is 1.69. The number of hydrogen-bond donors (Lipinski definition) is 0. The van der Waals surface area contributed by atoms with E-state index in [0.29, 0.717) is 0 Å². The molecule has 0 atom stereocenters. The molecule has 54 valence electrons. The van der Waals surface area contributed by atoms with Crippen molar-refractivity contribution in [3.8, 4) is 0 Å². The molecule has 2 heterocycles. The van der Waals surface area contributed by atoms with Gasteiger partial charge in [-0.25, -0.2) is 9.98 Å². The van der Waals surface area contributed by atoms with Crippen molar-refractivity contribution in [2.75, 3.05) is 0 Å². The third-order valence-corrected chi connectivity index (χ3v) is 1.18. The molecule has 0 N–H and O–H groups in total. The van der Waals surface area contributed by atoms with E-state index in [2.05, 4.69) is 9.98 Å². The molecule has 0 radical (unpaired) electrons. The van der Waals surface area contributed by atoms with Crippen LogP contribution >= 0.6 is 0 Å². The van der Waals surface area contributed by atoms with Gasteiger partial charge < -0.3 is 4.57 Å². The molecule has 1 aromatic heterocycles. The fraction of sp³-hybridized carbons (Fsp3) is 0.429. The minimum absolute atomic E-state index is 0.824. The summed E-state index contributed by atoms with van der Waals surface area (Å²) in [6.07, 6.45) is 5.52. The monoisotopic (exact) mass is 137 g/mol. The van der Waals surface area contributed by atoms with Gasteiger partial charge in [0.1, 0.15) is 0 Å². The molecule has 0 amide bonds. The van der Waals surface area contributed by atoms with Gasteiger partial charge in [-0.15, -0.1) is 0 Å². The highest BCUT2D eigenvalue weighted by Crippen LogP contribution is 2.10. The molecule has 0 saturated heterocycles. The van der Waals surface area contributed by atoms with Gasteiger partial charge in [0.05, 0.1) is 6.54 Å². The van der Waals surface area contributed by atoms with E-state index in [9.17, 15) is 0 Å². The summed E-state index contributed by atoms with van der Waals surface area (Å²) in [6, 6.07) is 0. The zero-order valence-corrected chi connectivity index (χ0v) is 6.28. The molecular weight excluding hydrogens is 126 g/mol. The Morgan fingerprint density at radius 2 is 2.30 bits per heavy atom. The third-order valence-electron chi connectivity index (χ3n) is 1.18. The highest BCUT2D eigenvalue weighted by molar-refractivity contribution is 5.64. The maximum absolute atomic E-state index is 3.99. The SMILES string of the molecule is C1=Nc2nccn2C1.CC. The lowest BCUT2D eigenvalue weighted by atomic mass is 10.7. The van der Waals surface area contributed by atoms with E-state index in [1.807, 2.05) is 30.8 Å². The van der Waals surface area contributed by atoms with Crippen molar-refractivity contribution in [3.05, 3.63) is 12.4 Å². The molecule has 2 rings (SSSR count). The Kier molecular flexibility index (Phi) is 2.20. The average Bonchev–Trinajstić information content (AvgIpc) is 2.49. The van der Waals surface area contributed by atoms with E-state index in [-0.39, 0.29) is 0 Å². The lowest BCUT2D eigenvalue weighted by molar-refractivity contribution is 0.900. The molecule has 0 aliphatic carbocycles. The van der Waals surface area contributed by atoms with Gasteiger partial charge >= 0.3 is 0 Å². The Bertz CT molecular complexity index is 225. The minimum atomic E-state index is 0.824. The lowest BCUT2D eigenvalue weighted by Gasteiger charge is -1.86. The topological polar surface area (TPSA) is 30.2 Å². The zero-order chi connectivity index (χ0) is 7.40. The predicted molar refractivity (Wildman–Crippen MR) is 41.7 cm³/mol. The molecule has 1 aliphatic heterocycles. The Hall–Kier alpha value is -1.12. The number of rotatable bonds is 0. The van der Waals surface area contributed by atoms with Crippen LogP contribution in [0.25, 0.3) is 0 Å². The normalized spacial score (nSPS) is 12.2. The van der Waals surface area contributed by atoms with Gasteiger partial charge in [-0.3, -0.25) is 0 Å². The maximum Gasteiger partial charge on any atom is 0.229 e. The zero-order valence-electron chi connectivity index (χ0n) is 6.28. The van der Waals surface area contributed by atoms with Crippen molar-refractivity contribution >= 4 is 12.2 Å². The predicted octanol–water partition coefficient (Wildman–Crippen LogP) is 1.63. The summed E-state index contributed by atoms with van der Waals surface area (Å²) in [5.41, 5.74) is 0. The fourth-order valence-electron chi connectivity index (χ4n) is 0.782. The standard InChI is InChI=1S/C5H5N3.C2H6/c1-3-8-4-2-7-5(8)6-1;1-2/h1-3H,4H2;1-2H3. The number of fused-ring (bicyclic) bond motifs is 1. The first-order chi connectivity index (χ1) is 4.97. The molecular formula is C7H11N3. The van der Waals surface area contributed by atoms with Gasteiger partial charge in [0, 0.05) is 18.6 Å². The van der Waals surface area contributed by atoms with E-state index in [1.54, 1.807) is 6.20 Å². The molecule has 1 aliphatic rings. The van der Waals surface area contributed by atoms with E-state index < -0.39 is 0 Å². The number of aliphatic imine (C=N–C) groups is 1. The van der Waals surface area contributed by atoms with Gasteiger partial charge in [0.15, 0.2) is 0 Å². The summed E-state index contributed by atoms with van der Waals surface area (Å²) in [5.74, 6) is 0.824. The summed E-state index contributed by atoms with van der Waals surface area (Å²) >= 11 is 0. The van der Waals surface area contributed by atoms with Crippen LogP contribution < -0.4 is 0 Å². The maximum atomic E-state index is 3.99. The van der Waals surface area contributed by atoms with Crippen molar-refractivity contribution in [2.24, 2.45) is 4.99 Å². The highest BCUT2D eigenvalue weighted by atomic mass is 15.2.